The Morgan fingerprint density at radius 1 is 1.20 bits per heavy atom. The highest BCUT2D eigenvalue weighted by molar-refractivity contribution is 7.99. The number of anilines is 1. The quantitative estimate of drug-likeness (QED) is 0.889. The van der Waals surface area contributed by atoms with Gasteiger partial charge >= 0.3 is 0 Å². The second kappa shape index (κ2) is 7.31. The lowest BCUT2D eigenvalue weighted by Gasteiger charge is -2.06. The summed E-state index contributed by atoms with van der Waals surface area (Å²) < 4.78 is 13.3. The van der Waals surface area contributed by atoms with Gasteiger partial charge in [-0.05, 0) is 29.8 Å². The highest BCUT2D eigenvalue weighted by Crippen LogP contribution is 2.17. The summed E-state index contributed by atoms with van der Waals surface area (Å²) in [6.45, 7) is 0. The van der Waals surface area contributed by atoms with E-state index in [1.54, 1.807) is 18.2 Å². The average Bonchev–Trinajstić information content (AvgIpc) is 2.41. The third kappa shape index (κ3) is 4.54. The monoisotopic (exact) mass is 309 g/mol. The van der Waals surface area contributed by atoms with Gasteiger partial charge in [0.2, 0.25) is 5.91 Å². The number of nitrogens with one attached hydrogen (secondary N) is 1. The van der Waals surface area contributed by atoms with Crippen molar-refractivity contribution in [3.8, 4) is 0 Å². The molecule has 104 valence electrons. The summed E-state index contributed by atoms with van der Waals surface area (Å²) in [5, 5.41) is 3.23. The molecule has 0 saturated heterocycles. The van der Waals surface area contributed by atoms with E-state index in [-0.39, 0.29) is 17.3 Å². The first-order valence-corrected chi connectivity index (χ1v) is 7.55. The van der Waals surface area contributed by atoms with Gasteiger partial charge in [-0.3, -0.25) is 4.79 Å². The Balaban J connectivity index is 1.80. The van der Waals surface area contributed by atoms with Gasteiger partial charge in [0.15, 0.2) is 0 Å². The Kier molecular flexibility index (Phi) is 5.44. The van der Waals surface area contributed by atoms with E-state index in [0.29, 0.717) is 10.8 Å². The molecule has 2 aromatic rings. The van der Waals surface area contributed by atoms with E-state index in [1.165, 1.54) is 23.9 Å². The molecule has 2 nitrogen and oxygen atoms in total. The number of thioether (sulfide) groups is 1. The number of benzene rings is 2. The molecule has 0 spiro atoms. The zero-order valence-corrected chi connectivity index (χ0v) is 12.2. The molecule has 0 aliphatic rings. The Morgan fingerprint density at radius 2 is 2.00 bits per heavy atom. The zero-order valence-electron chi connectivity index (χ0n) is 10.6. The minimum atomic E-state index is -0.430. The Bertz CT molecular complexity index is 606. The van der Waals surface area contributed by atoms with Crippen molar-refractivity contribution in [3.05, 3.63) is 64.9 Å². The number of hydrogen-bond acceptors (Lipinski definition) is 2. The molecule has 1 amide bonds. The highest BCUT2D eigenvalue weighted by Gasteiger charge is 2.06. The molecule has 20 heavy (non-hydrogen) atoms. The van der Waals surface area contributed by atoms with Gasteiger partial charge in [-0.2, -0.15) is 0 Å². The van der Waals surface area contributed by atoms with Crippen molar-refractivity contribution in [2.75, 3.05) is 11.1 Å². The summed E-state index contributed by atoms with van der Waals surface area (Å²) in [7, 11) is 0. The zero-order chi connectivity index (χ0) is 14.4. The summed E-state index contributed by atoms with van der Waals surface area (Å²) in [4.78, 5) is 11.7. The lowest BCUT2D eigenvalue weighted by molar-refractivity contribution is -0.113. The lowest BCUT2D eigenvalue weighted by atomic mass is 10.2. The fraction of sp³-hybridized carbons (Fsp3) is 0.133. The van der Waals surface area contributed by atoms with Crippen molar-refractivity contribution in [1.29, 1.82) is 0 Å². The van der Waals surface area contributed by atoms with Crippen molar-refractivity contribution in [1.82, 2.24) is 0 Å². The van der Waals surface area contributed by atoms with Crippen LogP contribution in [0.15, 0.2) is 48.5 Å². The Labute approximate surface area is 126 Å². The maximum Gasteiger partial charge on any atom is 0.234 e. The molecular formula is C15H13ClFNOS. The molecule has 0 heterocycles. The number of hydrogen-bond donors (Lipinski definition) is 1. The Hall–Kier alpha value is -1.52. The van der Waals surface area contributed by atoms with Crippen molar-refractivity contribution >= 4 is 35.0 Å². The lowest BCUT2D eigenvalue weighted by Crippen LogP contribution is -2.15. The predicted molar refractivity (Wildman–Crippen MR) is 82.6 cm³/mol. The largest absolute Gasteiger partial charge is 0.323 e. The standard InChI is InChI=1S/C15H13ClFNOS/c16-12-5-3-4-11(8-12)9-20-10-15(19)18-14-7-2-1-6-13(14)17/h1-8H,9-10H2,(H,18,19). The topological polar surface area (TPSA) is 29.1 Å². The average molecular weight is 310 g/mol. The first-order chi connectivity index (χ1) is 9.65. The second-order valence-corrected chi connectivity index (χ2v) is 5.57. The van der Waals surface area contributed by atoms with Gasteiger partial charge in [-0.25, -0.2) is 4.39 Å². The maximum atomic E-state index is 13.3. The van der Waals surface area contributed by atoms with Crippen LogP contribution in [0.1, 0.15) is 5.56 Å². The molecule has 1 N–H and O–H groups in total. The van der Waals surface area contributed by atoms with E-state index in [4.69, 9.17) is 11.6 Å². The smallest absolute Gasteiger partial charge is 0.234 e. The molecule has 2 aromatic carbocycles. The van der Waals surface area contributed by atoms with Gasteiger partial charge in [0.25, 0.3) is 0 Å². The molecule has 2 rings (SSSR count). The molecule has 5 heteroatoms. The number of rotatable bonds is 5. The van der Waals surface area contributed by atoms with Crippen LogP contribution in [-0.2, 0) is 10.5 Å². The second-order valence-electron chi connectivity index (χ2n) is 4.15. The molecule has 0 atom stereocenters. The summed E-state index contributed by atoms with van der Waals surface area (Å²) in [5.41, 5.74) is 1.27. The van der Waals surface area contributed by atoms with Gasteiger partial charge in [0, 0.05) is 10.8 Å². The number of para-hydroxylation sites is 1. The predicted octanol–water partition coefficient (Wildman–Crippen LogP) is 4.35. The fourth-order valence-corrected chi connectivity index (χ4v) is 2.62. The van der Waals surface area contributed by atoms with Crippen LogP contribution in [0.4, 0.5) is 10.1 Å². The van der Waals surface area contributed by atoms with Crippen LogP contribution in [0.2, 0.25) is 5.02 Å². The number of carbonyl (C=O) groups excluding carboxylic acids is 1. The summed E-state index contributed by atoms with van der Waals surface area (Å²) in [5.74, 6) is 0.300. The van der Waals surface area contributed by atoms with Crippen LogP contribution in [-0.4, -0.2) is 11.7 Å². The van der Waals surface area contributed by atoms with Gasteiger partial charge < -0.3 is 5.32 Å². The third-order valence-corrected chi connectivity index (χ3v) is 3.78. The fourth-order valence-electron chi connectivity index (χ4n) is 1.64. The summed E-state index contributed by atoms with van der Waals surface area (Å²) in [6, 6.07) is 13.6. The van der Waals surface area contributed by atoms with Crippen LogP contribution in [0.3, 0.4) is 0 Å². The van der Waals surface area contributed by atoms with Gasteiger partial charge in [0.05, 0.1) is 11.4 Å². The summed E-state index contributed by atoms with van der Waals surface area (Å²) in [6.07, 6.45) is 0. The molecule has 0 aliphatic carbocycles. The number of halogens is 2. The van der Waals surface area contributed by atoms with Crippen LogP contribution < -0.4 is 5.32 Å². The van der Waals surface area contributed by atoms with Crippen molar-refractivity contribution in [3.63, 3.8) is 0 Å². The molecule has 0 aromatic heterocycles. The first-order valence-electron chi connectivity index (χ1n) is 6.02. The van der Waals surface area contributed by atoms with E-state index >= 15 is 0 Å². The highest BCUT2D eigenvalue weighted by atomic mass is 35.5. The van der Waals surface area contributed by atoms with Gasteiger partial charge in [-0.1, -0.05) is 35.9 Å². The minimum absolute atomic E-state index is 0.209. The molecule has 0 saturated carbocycles. The first kappa shape index (κ1) is 14.9. The van der Waals surface area contributed by atoms with Gasteiger partial charge in [0.1, 0.15) is 5.82 Å². The molecule has 0 bridgehead atoms. The normalized spacial score (nSPS) is 10.3. The van der Waals surface area contributed by atoms with Crippen LogP contribution >= 0.6 is 23.4 Å². The minimum Gasteiger partial charge on any atom is -0.323 e. The van der Waals surface area contributed by atoms with Crippen molar-refractivity contribution in [2.24, 2.45) is 0 Å². The van der Waals surface area contributed by atoms with Crippen molar-refractivity contribution in [2.45, 2.75) is 5.75 Å². The van der Waals surface area contributed by atoms with E-state index < -0.39 is 5.82 Å². The van der Waals surface area contributed by atoms with E-state index in [0.717, 1.165) is 5.56 Å². The van der Waals surface area contributed by atoms with Crippen LogP contribution in [0.5, 0.6) is 0 Å². The van der Waals surface area contributed by atoms with Crippen LogP contribution in [0, 0.1) is 5.82 Å². The molecule has 0 aliphatic heterocycles. The van der Waals surface area contributed by atoms with Crippen LogP contribution in [0.25, 0.3) is 0 Å². The third-order valence-electron chi connectivity index (χ3n) is 2.54. The molecule has 0 fully saturated rings. The molecule has 0 radical (unpaired) electrons. The number of amides is 1. The maximum absolute atomic E-state index is 13.3. The van der Waals surface area contributed by atoms with E-state index in [9.17, 15) is 9.18 Å². The summed E-state index contributed by atoms with van der Waals surface area (Å²) >= 11 is 7.34. The Morgan fingerprint density at radius 3 is 2.75 bits per heavy atom. The van der Waals surface area contributed by atoms with Gasteiger partial charge in [-0.15, -0.1) is 11.8 Å². The molecular weight excluding hydrogens is 297 g/mol. The number of carbonyl (C=O) groups is 1. The molecule has 0 unspecified atom stereocenters. The van der Waals surface area contributed by atoms with E-state index in [1.807, 2.05) is 18.2 Å². The van der Waals surface area contributed by atoms with Crippen molar-refractivity contribution < 1.29 is 9.18 Å². The SMILES string of the molecule is O=C(CSCc1cccc(Cl)c1)Nc1ccccc1F. The van der Waals surface area contributed by atoms with E-state index in [2.05, 4.69) is 5.32 Å².